The van der Waals surface area contributed by atoms with Crippen LogP contribution in [-0.4, -0.2) is 29.3 Å². The van der Waals surface area contributed by atoms with Gasteiger partial charge in [-0.1, -0.05) is 54.8 Å². The SMILES string of the molecule is O=C(NC1CCCC1)C1c2sc3ccccc3c2CC(=O)N1CCc1ccc(Cl)cc1. The van der Waals surface area contributed by atoms with Gasteiger partial charge in [0.1, 0.15) is 6.04 Å². The first-order valence-electron chi connectivity index (χ1n) is 10.9. The number of rotatable bonds is 5. The Morgan fingerprint density at radius 2 is 1.84 bits per heavy atom. The Morgan fingerprint density at radius 1 is 1.10 bits per heavy atom. The van der Waals surface area contributed by atoms with Gasteiger partial charge in [-0.05, 0) is 54.0 Å². The third kappa shape index (κ3) is 4.09. The number of benzene rings is 2. The minimum atomic E-state index is -0.554. The molecule has 2 aromatic carbocycles. The van der Waals surface area contributed by atoms with Crippen LogP contribution in [0.5, 0.6) is 0 Å². The largest absolute Gasteiger partial charge is 0.351 e. The monoisotopic (exact) mass is 452 g/mol. The summed E-state index contributed by atoms with van der Waals surface area (Å²) in [5.41, 5.74) is 2.13. The van der Waals surface area contributed by atoms with E-state index in [1.54, 1.807) is 16.2 Å². The van der Waals surface area contributed by atoms with Crippen molar-refractivity contribution in [3.63, 3.8) is 0 Å². The molecule has 2 heterocycles. The van der Waals surface area contributed by atoms with Crippen LogP contribution in [0.25, 0.3) is 10.1 Å². The molecule has 0 spiro atoms. The van der Waals surface area contributed by atoms with E-state index in [-0.39, 0.29) is 17.9 Å². The summed E-state index contributed by atoms with van der Waals surface area (Å²) in [6.07, 6.45) is 5.41. The maximum atomic E-state index is 13.5. The maximum absolute atomic E-state index is 13.5. The first-order chi connectivity index (χ1) is 15.1. The molecule has 1 aliphatic heterocycles. The molecule has 2 aliphatic rings. The summed E-state index contributed by atoms with van der Waals surface area (Å²) in [4.78, 5) is 29.6. The van der Waals surface area contributed by atoms with Crippen molar-refractivity contribution < 1.29 is 9.59 Å². The molecule has 4 nitrogen and oxygen atoms in total. The topological polar surface area (TPSA) is 49.4 Å². The first-order valence-corrected chi connectivity index (χ1v) is 12.1. The quantitative estimate of drug-likeness (QED) is 0.572. The fourth-order valence-electron chi connectivity index (χ4n) is 4.82. The van der Waals surface area contributed by atoms with Gasteiger partial charge < -0.3 is 10.2 Å². The molecule has 160 valence electrons. The number of carbonyl (C=O) groups excluding carboxylic acids is 2. The summed E-state index contributed by atoms with van der Waals surface area (Å²) in [6.45, 7) is 0.511. The second kappa shape index (κ2) is 8.64. The highest BCUT2D eigenvalue weighted by Gasteiger charge is 2.40. The molecule has 1 fully saturated rings. The molecule has 1 aliphatic carbocycles. The Balaban J connectivity index is 1.47. The second-order valence-electron chi connectivity index (χ2n) is 8.47. The van der Waals surface area contributed by atoms with Crippen LogP contribution >= 0.6 is 22.9 Å². The number of amides is 2. The van der Waals surface area contributed by atoms with E-state index in [9.17, 15) is 9.59 Å². The molecule has 0 radical (unpaired) electrons. The first kappa shape index (κ1) is 20.5. The van der Waals surface area contributed by atoms with Gasteiger partial charge in [-0.15, -0.1) is 11.3 Å². The van der Waals surface area contributed by atoms with Crippen molar-refractivity contribution in [2.45, 2.75) is 50.6 Å². The van der Waals surface area contributed by atoms with E-state index >= 15 is 0 Å². The van der Waals surface area contributed by atoms with Gasteiger partial charge in [-0.25, -0.2) is 0 Å². The number of fused-ring (bicyclic) bond motifs is 3. The molecule has 1 unspecified atom stereocenters. The van der Waals surface area contributed by atoms with Gasteiger partial charge in [0.25, 0.3) is 0 Å². The highest BCUT2D eigenvalue weighted by molar-refractivity contribution is 7.19. The van der Waals surface area contributed by atoms with Gasteiger partial charge in [0.2, 0.25) is 11.8 Å². The fourth-order valence-corrected chi connectivity index (χ4v) is 6.29. The van der Waals surface area contributed by atoms with Gasteiger partial charge in [0.15, 0.2) is 0 Å². The predicted octanol–water partition coefficient (Wildman–Crippen LogP) is 5.28. The summed E-state index contributed by atoms with van der Waals surface area (Å²) >= 11 is 7.66. The van der Waals surface area contributed by atoms with Crippen LogP contribution in [0.2, 0.25) is 5.02 Å². The normalized spacial score (nSPS) is 19.1. The van der Waals surface area contributed by atoms with Crippen molar-refractivity contribution in [3.8, 4) is 0 Å². The van der Waals surface area contributed by atoms with Crippen molar-refractivity contribution in [2.75, 3.05) is 6.54 Å². The number of nitrogens with one attached hydrogen (secondary N) is 1. The zero-order valence-corrected chi connectivity index (χ0v) is 18.8. The third-order valence-corrected chi connectivity index (χ3v) is 7.96. The van der Waals surface area contributed by atoms with E-state index < -0.39 is 6.04 Å². The molecule has 1 aromatic heterocycles. The van der Waals surface area contributed by atoms with Gasteiger partial charge in [0, 0.05) is 27.2 Å². The Morgan fingerprint density at radius 3 is 2.61 bits per heavy atom. The van der Waals surface area contributed by atoms with E-state index in [1.165, 1.54) is 0 Å². The highest BCUT2D eigenvalue weighted by Crippen LogP contribution is 2.41. The third-order valence-electron chi connectivity index (χ3n) is 6.44. The molecular weight excluding hydrogens is 428 g/mol. The molecular formula is C25H25ClN2O2S. The molecule has 0 saturated heterocycles. The number of hydrogen-bond donors (Lipinski definition) is 1. The Hall–Kier alpha value is -2.37. The van der Waals surface area contributed by atoms with Gasteiger partial charge in [-0.2, -0.15) is 0 Å². The number of nitrogens with zero attached hydrogens (tertiary/aromatic N) is 1. The van der Waals surface area contributed by atoms with Crippen molar-refractivity contribution >= 4 is 44.8 Å². The average Bonchev–Trinajstić information content (AvgIpc) is 3.40. The Bertz CT molecular complexity index is 1120. The van der Waals surface area contributed by atoms with Crippen LogP contribution < -0.4 is 5.32 Å². The van der Waals surface area contributed by atoms with Crippen LogP contribution in [0.4, 0.5) is 0 Å². The van der Waals surface area contributed by atoms with Crippen molar-refractivity contribution in [1.82, 2.24) is 10.2 Å². The van der Waals surface area contributed by atoms with Crippen molar-refractivity contribution in [3.05, 3.63) is 69.6 Å². The van der Waals surface area contributed by atoms with Crippen molar-refractivity contribution in [2.24, 2.45) is 0 Å². The van der Waals surface area contributed by atoms with E-state index in [0.29, 0.717) is 24.4 Å². The summed E-state index contributed by atoms with van der Waals surface area (Å²) in [5, 5.41) is 5.05. The van der Waals surface area contributed by atoms with Crippen LogP contribution in [0, 0.1) is 0 Å². The lowest BCUT2D eigenvalue weighted by Gasteiger charge is -2.35. The average molecular weight is 453 g/mol. The standard InChI is InChI=1S/C25H25ClN2O2S/c26-17-11-9-16(10-12-17)13-14-28-22(29)15-20-19-7-3-4-8-21(19)31-24(20)23(28)25(30)27-18-5-1-2-6-18/h3-4,7-12,18,23H,1-2,5-6,13-15H2,(H,27,30). The van der Waals surface area contributed by atoms with Crippen LogP contribution in [-0.2, 0) is 22.4 Å². The van der Waals surface area contributed by atoms with Gasteiger partial charge >= 0.3 is 0 Å². The van der Waals surface area contributed by atoms with E-state index in [4.69, 9.17) is 11.6 Å². The molecule has 3 aromatic rings. The lowest BCUT2D eigenvalue weighted by atomic mass is 9.96. The number of halogens is 1. The smallest absolute Gasteiger partial charge is 0.248 e. The lowest BCUT2D eigenvalue weighted by molar-refractivity contribution is -0.141. The van der Waals surface area contributed by atoms with Gasteiger partial charge in [-0.3, -0.25) is 9.59 Å². The molecule has 6 heteroatoms. The van der Waals surface area contributed by atoms with E-state index in [0.717, 1.165) is 51.8 Å². The molecule has 1 saturated carbocycles. The lowest BCUT2D eigenvalue weighted by Crippen LogP contribution is -2.49. The molecule has 31 heavy (non-hydrogen) atoms. The number of hydrogen-bond acceptors (Lipinski definition) is 3. The molecule has 2 amide bonds. The molecule has 5 rings (SSSR count). The van der Waals surface area contributed by atoms with Crippen LogP contribution in [0.1, 0.15) is 47.7 Å². The molecule has 0 bridgehead atoms. The molecule has 1 N–H and O–H groups in total. The highest BCUT2D eigenvalue weighted by atomic mass is 35.5. The summed E-state index contributed by atoms with van der Waals surface area (Å²) in [6, 6.07) is 15.5. The summed E-state index contributed by atoms with van der Waals surface area (Å²) < 4.78 is 1.14. The summed E-state index contributed by atoms with van der Waals surface area (Å²) in [7, 11) is 0. The Kier molecular flexibility index (Phi) is 5.72. The number of carbonyl (C=O) groups is 2. The minimum absolute atomic E-state index is 0.0246. The minimum Gasteiger partial charge on any atom is -0.351 e. The van der Waals surface area contributed by atoms with Crippen LogP contribution in [0.15, 0.2) is 48.5 Å². The van der Waals surface area contributed by atoms with Gasteiger partial charge in [0.05, 0.1) is 6.42 Å². The van der Waals surface area contributed by atoms with E-state index in [1.807, 2.05) is 36.4 Å². The number of thiophene rings is 1. The zero-order valence-electron chi connectivity index (χ0n) is 17.3. The molecule has 1 atom stereocenters. The maximum Gasteiger partial charge on any atom is 0.248 e. The van der Waals surface area contributed by atoms with Crippen LogP contribution in [0.3, 0.4) is 0 Å². The predicted molar refractivity (Wildman–Crippen MR) is 126 cm³/mol. The second-order valence-corrected chi connectivity index (χ2v) is 9.99. The van der Waals surface area contributed by atoms with Crippen molar-refractivity contribution in [1.29, 1.82) is 0 Å². The Labute approximate surface area is 191 Å². The summed E-state index contributed by atoms with van der Waals surface area (Å²) in [5.74, 6) is -0.0135. The zero-order chi connectivity index (χ0) is 21.4. The van der Waals surface area contributed by atoms with E-state index in [2.05, 4.69) is 17.4 Å². The fraction of sp³-hybridized carbons (Fsp3) is 0.360.